The highest BCUT2D eigenvalue weighted by molar-refractivity contribution is 5.87. The Kier molecular flexibility index (Phi) is 8.65. The van der Waals surface area contributed by atoms with Crippen molar-refractivity contribution in [3.05, 3.63) is 53.1 Å². The fourth-order valence-electron chi connectivity index (χ4n) is 4.19. The van der Waals surface area contributed by atoms with Crippen LogP contribution in [0.4, 0.5) is 11.5 Å². The summed E-state index contributed by atoms with van der Waals surface area (Å²) in [6.07, 6.45) is 8.72. The van der Waals surface area contributed by atoms with Gasteiger partial charge in [0, 0.05) is 69.3 Å². The van der Waals surface area contributed by atoms with Gasteiger partial charge in [-0.2, -0.15) is 0 Å². The molecule has 3 rings (SSSR count). The first-order chi connectivity index (χ1) is 15.9. The number of nitrogens with zero attached hydrogens (tertiary/aromatic N) is 3. The number of anilines is 2. The number of hydrogen-bond acceptors (Lipinski definition) is 6. The van der Waals surface area contributed by atoms with Gasteiger partial charge >= 0.3 is 0 Å². The highest BCUT2D eigenvalue weighted by atomic mass is 16.2. The van der Waals surface area contributed by atoms with Crippen LogP contribution in [0.15, 0.2) is 47.5 Å². The minimum absolute atomic E-state index is 0.0555. The average molecular weight is 453 g/mol. The summed E-state index contributed by atoms with van der Waals surface area (Å²) in [7, 11) is 1.83. The van der Waals surface area contributed by atoms with E-state index in [1.807, 2.05) is 36.2 Å². The van der Waals surface area contributed by atoms with Crippen molar-refractivity contribution in [1.82, 2.24) is 20.2 Å². The number of nitrogens with one attached hydrogen (secondary N) is 3. The zero-order chi connectivity index (χ0) is 23.8. The highest BCUT2D eigenvalue weighted by Gasteiger charge is 2.27. The van der Waals surface area contributed by atoms with E-state index in [2.05, 4.69) is 46.3 Å². The van der Waals surface area contributed by atoms with E-state index < -0.39 is 0 Å². The third-order valence-corrected chi connectivity index (χ3v) is 6.00. The van der Waals surface area contributed by atoms with E-state index >= 15 is 0 Å². The van der Waals surface area contributed by atoms with Crippen molar-refractivity contribution in [3.8, 4) is 11.1 Å². The van der Waals surface area contributed by atoms with Gasteiger partial charge < -0.3 is 25.4 Å². The van der Waals surface area contributed by atoms with Crippen LogP contribution in [0, 0.1) is 0 Å². The van der Waals surface area contributed by atoms with Crippen LogP contribution in [0.25, 0.3) is 11.1 Å². The Labute approximate surface area is 196 Å². The van der Waals surface area contributed by atoms with Crippen molar-refractivity contribution in [2.45, 2.75) is 45.7 Å². The minimum Gasteiger partial charge on any atom is -0.373 e. The molecule has 8 nitrogen and oxygen atoms in total. The number of H-pyrrole nitrogens is 1. The number of pyridine rings is 2. The Hall–Kier alpha value is -3.13. The summed E-state index contributed by atoms with van der Waals surface area (Å²) in [6.45, 7) is 9.03. The topological polar surface area (TPSA) is 93.4 Å². The van der Waals surface area contributed by atoms with Crippen LogP contribution in [0.3, 0.4) is 0 Å². The van der Waals surface area contributed by atoms with Crippen LogP contribution < -0.4 is 21.1 Å². The lowest BCUT2D eigenvalue weighted by Crippen LogP contribution is -2.47. The number of aromatic amines is 1. The summed E-state index contributed by atoms with van der Waals surface area (Å²) in [5.41, 5.74) is 2.50. The third kappa shape index (κ3) is 6.44. The van der Waals surface area contributed by atoms with Gasteiger partial charge in [-0.15, -0.1) is 0 Å². The summed E-state index contributed by atoms with van der Waals surface area (Å²) >= 11 is 0. The number of rotatable bonds is 9. The molecule has 2 aromatic heterocycles. The van der Waals surface area contributed by atoms with Gasteiger partial charge in [-0.05, 0) is 43.5 Å². The lowest BCUT2D eigenvalue weighted by Gasteiger charge is -2.38. The maximum absolute atomic E-state index is 12.7. The van der Waals surface area contributed by atoms with Crippen LogP contribution in [-0.4, -0.2) is 66.1 Å². The molecule has 0 spiro atoms. The van der Waals surface area contributed by atoms with Gasteiger partial charge in [-0.1, -0.05) is 19.9 Å². The predicted octanol–water partition coefficient (Wildman–Crippen LogP) is 2.85. The van der Waals surface area contributed by atoms with Gasteiger partial charge in [0.2, 0.25) is 5.91 Å². The molecule has 33 heavy (non-hydrogen) atoms. The number of hydrogen-bond donors (Lipinski definition) is 3. The Balaban J connectivity index is 1.69. The molecular formula is C25H36N6O2. The van der Waals surface area contributed by atoms with Gasteiger partial charge in [0.1, 0.15) is 11.5 Å². The van der Waals surface area contributed by atoms with E-state index in [1.54, 1.807) is 18.5 Å². The second-order valence-corrected chi connectivity index (χ2v) is 8.59. The van der Waals surface area contributed by atoms with Crippen LogP contribution in [0.2, 0.25) is 0 Å². The molecule has 1 amide bonds. The molecule has 8 heteroatoms. The summed E-state index contributed by atoms with van der Waals surface area (Å²) in [6, 6.07) is 6.46. The molecule has 2 aromatic rings. The van der Waals surface area contributed by atoms with E-state index in [-0.39, 0.29) is 17.5 Å². The zero-order valence-electron chi connectivity index (χ0n) is 20.1. The van der Waals surface area contributed by atoms with E-state index in [9.17, 15) is 9.59 Å². The molecule has 0 atom stereocenters. The third-order valence-electron chi connectivity index (χ3n) is 6.00. The molecule has 1 saturated heterocycles. The largest absolute Gasteiger partial charge is 0.373 e. The molecule has 0 radical (unpaired) electrons. The second-order valence-electron chi connectivity index (χ2n) is 8.59. The highest BCUT2D eigenvalue weighted by Crippen LogP contribution is 2.26. The first-order valence-electron chi connectivity index (χ1n) is 11.7. The van der Waals surface area contributed by atoms with E-state index in [0.29, 0.717) is 31.4 Å². The molecule has 0 unspecified atom stereocenters. The Bertz CT molecular complexity index is 1010. The first-order valence-corrected chi connectivity index (χ1v) is 11.7. The predicted molar refractivity (Wildman–Crippen MR) is 135 cm³/mol. The molecular weight excluding hydrogens is 416 g/mol. The molecule has 178 valence electrons. The molecule has 0 bridgehead atoms. The summed E-state index contributed by atoms with van der Waals surface area (Å²) in [5.74, 6) is 0.832. The van der Waals surface area contributed by atoms with Crippen molar-refractivity contribution < 1.29 is 4.79 Å². The summed E-state index contributed by atoms with van der Waals surface area (Å²) in [5, 5.41) is 6.32. The molecule has 0 aliphatic carbocycles. The molecule has 0 aromatic carbocycles. The van der Waals surface area contributed by atoms with Crippen LogP contribution in [0.5, 0.6) is 0 Å². The maximum atomic E-state index is 12.7. The summed E-state index contributed by atoms with van der Waals surface area (Å²) in [4.78, 5) is 36.5. The van der Waals surface area contributed by atoms with Gasteiger partial charge in [-0.25, -0.2) is 4.98 Å². The minimum atomic E-state index is -0.0948. The van der Waals surface area contributed by atoms with Gasteiger partial charge in [-0.3, -0.25) is 9.59 Å². The number of carbonyl (C=O) groups is 1. The normalized spacial score (nSPS) is 14.8. The Morgan fingerprint density at radius 2 is 2.06 bits per heavy atom. The maximum Gasteiger partial charge on any atom is 0.271 e. The number of likely N-dealkylation sites (tertiary alicyclic amines) is 1. The van der Waals surface area contributed by atoms with E-state index in [0.717, 1.165) is 36.3 Å². The number of amides is 1. The van der Waals surface area contributed by atoms with Crippen molar-refractivity contribution in [2.24, 2.45) is 0 Å². The quantitative estimate of drug-likeness (QED) is 0.507. The second kappa shape index (κ2) is 11.7. The van der Waals surface area contributed by atoms with Crippen LogP contribution in [-0.2, 0) is 4.79 Å². The fraction of sp³-hybridized carbons (Fsp3) is 0.480. The molecule has 1 fully saturated rings. The standard InChI is InChI=1S/C25H36N6O2/c1-5-31(21-9-13-30(14-10-21)24(32)7-6-11-27-18(2)3)22-15-20(17-29-25(22)33)19-8-12-28-23(16-19)26-4/h6-8,12,15-18,21,27H,5,9-11,13-14H2,1-4H3,(H,26,28)(H,29,33). The fourth-order valence-corrected chi connectivity index (χ4v) is 4.19. The van der Waals surface area contributed by atoms with Crippen molar-refractivity contribution in [1.29, 1.82) is 0 Å². The molecule has 3 N–H and O–H groups in total. The van der Waals surface area contributed by atoms with Crippen LogP contribution >= 0.6 is 0 Å². The van der Waals surface area contributed by atoms with Gasteiger partial charge in [0.05, 0.1) is 0 Å². The SMILES string of the molecule is CCN(c1cc(-c2ccnc(NC)c2)c[nH]c1=O)C1CCN(C(=O)C=CCNC(C)C)CC1. The van der Waals surface area contributed by atoms with Crippen LogP contribution in [0.1, 0.15) is 33.6 Å². The Morgan fingerprint density at radius 1 is 1.30 bits per heavy atom. The average Bonchev–Trinajstić information content (AvgIpc) is 2.83. The molecule has 1 aliphatic heterocycles. The number of piperidine rings is 1. The zero-order valence-corrected chi connectivity index (χ0v) is 20.1. The molecule has 3 heterocycles. The first kappa shape index (κ1) is 24.5. The monoisotopic (exact) mass is 452 g/mol. The van der Waals surface area contributed by atoms with E-state index in [1.165, 1.54) is 0 Å². The number of carbonyl (C=O) groups excluding carboxylic acids is 1. The lowest BCUT2D eigenvalue weighted by molar-refractivity contribution is -0.127. The van der Waals surface area contributed by atoms with Crippen molar-refractivity contribution in [3.63, 3.8) is 0 Å². The smallest absolute Gasteiger partial charge is 0.271 e. The lowest BCUT2D eigenvalue weighted by atomic mass is 10.0. The van der Waals surface area contributed by atoms with Crippen molar-refractivity contribution in [2.75, 3.05) is 43.4 Å². The number of aromatic nitrogens is 2. The molecule has 1 aliphatic rings. The van der Waals surface area contributed by atoms with E-state index in [4.69, 9.17) is 0 Å². The van der Waals surface area contributed by atoms with Crippen molar-refractivity contribution >= 4 is 17.4 Å². The van der Waals surface area contributed by atoms with Gasteiger partial charge in [0.15, 0.2) is 0 Å². The summed E-state index contributed by atoms with van der Waals surface area (Å²) < 4.78 is 0. The van der Waals surface area contributed by atoms with Gasteiger partial charge in [0.25, 0.3) is 5.56 Å². The Morgan fingerprint density at radius 3 is 2.73 bits per heavy atom. The molecule has 0 saturated carbocycles.